The van der Waals surface area contributed by atoms with Gasteiger partial charge in [-0.1, -0.05) is 42.3 Å². The van der Waals surface area contributed by atoms with Crippen LogP contribution in [0.4, 0.5) is 0 Å². The molecule has 0 aliphatic carbocycles. The van der Waals surface area contributed by atoms with E-state index >= 15 is 0 Å². The molecule has 0 aromatic heterocycles. The lowest BCUT2D eigenvalue weighted by molar-refractivity contribution is -0.116. The summed E-state index contributed by atoms with van der Waals surface area (Å²) < 4.78 is 1.06. The first-order valence-corrected chi connectivity index (χ1v) is 7.76. The van der Waals surface area contributed by atoms with Gasteiger partial charge in [-0.15, -0.1) is 11.8 Å². The van der Waals surface area contributed by atoms with Crippen LogP contribution in [0.3, 0.4) is 0 Å². The fraction of sp³-hybridized carbons (Fsp3) is 0.500. The quantitative estimate of drug-likeness (QED) is 0.663. The Balaban J connectivity index is 2.24. The molecule has 0 fully saturated rings. The normalized spacial score (nSPS) is 10.8. The maximum atomic E-state index is 11.7. The van der Waals surface area contributed by atoms with Crippen LogP contribution in [0.2, 0.25) is 0 Å². The van der Waals surface area contributed by atoms with E-state index in [0.29, 0.717) is 17.5 Å². The van der Waals surface area contributed by atoms with E-state index in [4.69, 9.17) is 0 Å². The van der Waals surface area contributed by atoms with Crippen LogP contribution in [0.15, 0.2) is 33.6 Å². The van der Waals surface area contributed by atoms with Crippen molar-refractivity contribution in [3.05, 3.63) is 28.7 Å². The van der Waals surface area contributed by atoms with Crippen molar-refractivity contribution < 1.29 is 4.79 Å². The first-order chi connectivity index (χ1) is 8.08. The van der Waals surface area contributed by atoms with Gasteiger partial charge < -0.3 is 0 Å². The highest BCUT2D eigenvalue weighted by Crippen LogP contribution is 2.22. The summed E-state index contributed by atoms with van der Waals surface area (Å²) in [5.41, 5.74) is 0. The minimum absolute atomic E-state index is 0.357. The second-order valence-corrected chi connectivity index (χ2v) is 6.54. The molecule has 0 saturated heterocycles. The number of carbonyl (C=O) groups excluding carboxylic acids is 1. The van der Waals surface area contributed by atoms with Gasteiger partial charge in [-0.3, -0.25) is 4.79 Å². The van der Waals surface area contributed by atoms with Crippen molar-refractivity contribution in [2.45, 2.75) is 38.0 Å². The SMILES string of the molecule is CC(C)CCCC(=O)CSc1cccc(Br)c1. The van der Waals surface area contributed by atoms with E-state index < -0.39 is 0 Å². The Labute approximate surface area is 117 Å². The van der Waals surface area contributed by atoms with Crippen LogP contribution in [-0.4, -0.2) is 11.5 Å². The number of hydrogen-bond acceptors (Lipinski definition) is 2. The molecule has 17 heavy (non-hydrogen) atoms. The highest BCUT2D eigenvalue weighted by molar-refractivity contribution is 9.10. The first kappa shape index (κ1) is 14.8. The molecule has 94 valence electrons. The predicted molar refractivity (Wildman–Crippen MR) is 78.6 cm³/mol. The van der Waals surface area contributed by atoms with Gasteiger partial charge in [0, 0.05) is 15.8 Å². The largest absolute Gasteiger partial charge is 0.299 e. The molecule has 0 saturated carbocycles. The Morgan fingerprint density at radius 3 is 2.82 bits per heavy atom. The number of benzene rings is 1. The molecular formula is C14H19BrOS. The molecule has 0 amide bonds. The third-order valence-electron chi connectivity index (χ3n) is 2.43. The summed E-state index contributed by atoms with van der Waals surface area (Å²) in [6.07, 6.45) is 2.89. The van der Waals surface area contributed by atoms with Gasteiger partial charge in [-0.2, -0.15) is 0 Å². The van der Waals surface area contributed by atoms with Crippen molar-refractivity contribution in [2.75, 3.05) is 5.75 Å². The van der Waals surface area contributed by atoms with Crippen molar-refractivity contribution in [3.8, 4) is 0 Å². The highest BCUT2D eigenvalue weighted by atomic mass is 79.9. The topological polar surface area (TPSA) is 17.1 Å². The standard InChI is InChI=1S/C14H19BrOS/c1-11(2)5-3-7-13(16)10-17-14-8-4-6-12(15)9-14/h4,6,8-9,11H,3,5,7,10H2,1-2H3. The van der Waals surface area contributed by atoms with Gasteiger partial charge in [-0.05, 0) is 30.5 Å². The molecule has 0 aliphatic heterocycles. The van der Waals surface area contributed by atoms with Gasteiger partial charge in [0.15, 0.2) is 0 Å². The molecule has 0 unspecified atom stereocenters. The Morgan fingerprint density at radius 1 is 1.41 bits per heavy atom. The number of ketones is 1. The van der Waals surface area contributed by atoms with Gasteiger partial charge >= 0.3 is 0 Å². The van der Waals surface area contributed by atoms with Crippen LogP contribution in [-0.2, 0) is 4.79 Å². The molecule has 3 heteroatoms. The third kappa shape index (κ3) is 6.89. The van der Waals surface area contributed by atoms with E-state index in [1.807, 2.05) is 24.3 Å². The van der Waals surface area contributed by atoms with Gasteiger partial charge in [0.25, 0.3) is 0 Å². The van der Waals surface area contributed by atoms with Crippen LogP contribution in [0, 0.1) is 5.92 Å². The summed E-state index contributed by atoms with van der Waals surface area (Å²) in [5.74, 6) is 1.64. The lowest BCUT2D eigenvalue weighted by atomic mass is 10.1. The lowest BCUT2D eigenvalue weighted by Crippen LogP contribution is -2.02. The zero-order chi connectivity index (χ0) is 12.7. The van der Waals surface area contributed by atoms with Crippen LogP contribution in [0.5, 0.6) is 0 Å². The number of carbonyl (C=O) groups is 1. The first-order valence-electron chi connectivity index (χ1n) is 5.98. The summed E-state index contributed by atoms with van der Waals surface area (Å²) >= 11 is 5.05. The maximum Gasteiger partial charge on any atom is 0.143 e. The number of thioether (sulfide) groups is 1. The van der Waals surface area contributed by atoms with Crippen LogP contribution in [0.25, 0.3) is 0 Å². The average molecular weight is 315 g/mol. The van der Waals surface area contributed by atoms with E-state index in [0.717, 1.165) is 28.6 Å². The molecule has 1 aromatic carbocycles. The van der Waals surface area contributed by atoms with E-state index in [1.54, 1.807) is 11.8 Å². The summed E-state index contributed by atoms with van der Waals surface area (Å²) in [7, 11) is 0. The van der Waals surface area contributed by atoms with E-state index in [1.165, 1.54) is 0 Å². The second-order valence-electron chi connectivity index (χ2n) is 4.57. The van der Waals surface area contributed by atoms with Crippen molar-refractivity contribution >= 4 is 33.5 Å². The van der Waals surface area contributed by atoms with Gasteiger partial charge in [0.1, 0.15) is 5.78 Å². The minimum Gasteiger partial charge on any atom is -0.299 e. The van der Waals surface area contributed by atoms with Crippen molar-refractivity contribution in [2.24, 2.45) is 5.92 Å². The molecule has 0 aliphatic rings. The molecule has 1 nitrogen and oxygen atoms in total. The van der Waals surface area contributed by atoms with Gasteiger partial charge in [0.05, 0.1) is 5.75 Å². The summed E-state index contributed by atoms with van der Waals surface area (Å²) in [6, 6.07) is 8.08. The second kappa shape index (κ2) is 7.93. The summed E-state index contributed by atoms with van der Waals surface area (Å²) in [5, 5.41) is 0. The fourth-order valence-corrected chi connectivity index (χ4v) is 2.91. The number of Topliss-reactive ketones (excluding diaryl/α,β-unsaturated/α-hetero) is 1. The number of hydrogen-bond donors (Lipinski definition) is 0. The molecule has 0 atom stereocenters. The fourth-order valence-electron chi connectivity index (χ4n) is 1.50. The van der Waals surface area contributed by atoms with Crippen LogP contribution >= 0.6 is 27.7 Å². The van der Waals surface area contributed by atoms with Gasteiger partial charge in [-0.25, -0.2) is 0 Å². The maximum absolute atomic E-state index is 11.7. The Bertz CT molecular complexity index is 363. The zero-order valence-corrected chi connectivity index (χ0v) is 12.8. The van der Waals surface area contributed by atoms with Gasteiger partial charge in [0.2, 0.25) is 0 Å². The Hall–Kier alpha value is -0.280. The Kier molecular flexibility index (Phi) is 6.90. The monoisotopic (exact) mass is 314 g/mol. The minimum atomic E-state index is 0.357. The molecular weight excluding hydrogens is 296 g/mol. The number of rotatable bonds is 7. The zero-order valence-electron chi connectivity index (χ0n) is 10.4. The average Bonchev–Trinajstić information content (AvgIpc) is 2.26. The molecule has 0 spiro atoms. The smallest absolute Gasteiger partial charge is 0.143 e. The molecule has 0 heterocycles. The Morgan fingerprint density at radius 2 is 2.18 bits per heavy atom. The summed E-state index contributed by atoms with van der Waals surface area (Å²) in [6.45, 7) is 4.39. The molecule has 0 radical (unpaired) electrons. The highest BCUT2D eigenvalue weighted by Gasteiger charge is 2.04. The molecule has 0 bridgehead atoms. The lowest BCUT2D eigenvalue weighted by Gasteiger charge is -2.04. The van der Waals surface area contributed by atoms with Crippen molar-refractivity contribution in [1.82, 2.24) is 0 Å². The van der Waals surface area contributed by atoms with Crippen LogP contribution in [0.1, 0.15) is 33.1 Å². The summed E-state index contributed by atoms with van der Waals surface area (Å²) in [4.78, 5) is 12.8. The predicted octanol–water partition coefficient (Wildman–Crippen LogP) is 4.94. The van der Waals surface area contributed by atoms with E-state index in [2.05, 4.69) is 29.8 Å². The van der Waals surface area contributed by atoms with E-state index in [9.17, 15) is 4.79 Å². The van der Waals surface area contributed by atoms with Crippen LogP contribution < -0.4 is 0 Å². The molecule has 0 N–H and O–H groups in total. The van der Waals surface area contributed by atoms with Crippen molar-refractivity contribution in [3.63, 3.8) is 0 Å². The third-order valence-corrected chi connectivity index (χ3v) is 3.98. The molecule has 1 aromatic rings. The van der Waals surface area contributed by atoms with E-state index in [-0.39, 0.29) is 0 Å². The van der Waals surface area contributed by atoms with Crippen molar-refractivity contribution in [1.29, 1.82) is 0 Å². The molecule has 1 rings (SSSR count). The number of halogens is 1.